The van der Waals surface area contributed by atoms with E-state index in [0.717, 1.165) is 0 Å². The number of aliphatic carboxylic acids is 1. The molecule has 1 aliphatic rings. The van der Waals surface area contributed by atoms with Gasteiger partial charge in [0.2, 0.25) is 0 Å². The lowest BCUT2D eigenvalue weighted by molar-refractivity contribution is -0.149. The highest BCUT2D eigenvalue weighted by Gasteiger charge is 2.38. The standard InChI is InChI=1S/C11H17F3N2O3S/c1-10(2)6-15(3-4-20-10)9(19)16(5-8(17)18)7-11(12,13)14/h3-7H2,1-2H3,(H,17,18). The Balaban J connectivity index is 2.79. The van der Waals surface area contributed by atoms with E-state index in [0.29, 0.717) is 23.7 Å². The van der Waals surface area contributed by atoms with Crippen molar-refractivity contribution >= 4 is 23.8 Å². The Hall–Kier alpha value is -1.12. The summed E-state index contributed by atoms with van der Waals surface area (Å²) in [7, 11) is 0. The first-order valence-corrected chi connectivity index (χ1v) is 6.95. The summed E-state index contributed by atoms with van der Waals surface area (Å²) in [5, 5.41) is 8.65. The largest absolute Gasteiger partial charge is 0.480 e. The van der Waals surface area contributed by atoms with Crippen LogP contribution in [-0.4, -0.2) is 69.8 Å². The quantitative estimate of drug-likeness (QED) is 0.864. The molecule has 0 aromatic carbocycles. The van der Waals surface area contributed by atoms with Crippen molar-refractivity contribution < 1.29 is 27.9 Å². The molecule has 1 heterocycles. The number of rotatable bonds is 3. The molecule has 116 valence electrons. The minimum absolute atomic E-state index is 0.249. The average molecular weight is 314 g/mol. The van der Waals surface area contributed by atoms with Crippen LogP contribution >= 0.6 is 11.8 Å². The molecule has 0 unspecified atom stereocenters. The number of thioether (sulfide) groups is 1. The van der Waals surface area contributed by atoms with Gasteiger partial charge in [-0.2, -0.15) is 24.9 Å². The first-order valence-electron chi connectivity index (χ1n) is 5.96. The molecule has 1 fully saturated rings. The van der Waals surface area contributed by atoms with Gasteiger partial charge < -0.3 is 14.9 Å². The lowest BCUT2D eigenvalue weighted by atomic mass is 10.2. The molecule has 1 rings (SSSR count). The molecule has 9 heteroatoms. The predicted molar refractivity (Wildman–Crippen MR) is 68.8 cm³/mol. The van der Waals surface area contributed by atoms with Gasteiger partial charge >= 0.3 is 18.2 Å². The third-order valence-corrected chi connectivity index (χ3v) is 3.96. The van der Waals surface area contributed by atoms with Gasteiger partial charge in [-0.15, -0.1) is 0 Å². The van der Waals surface area contributed by atoms with Crippen LogP contribution in [0, 0.1) is 0 Å². The number of carbonyl (C=O) groups excluding carboxylic acids is 1. The normalized spacial score (nSPS) is 18.8. The lowest BCUT2D eigenvalue weighted by Gasteiger charge is -2.39. The molecule has 0 aromatic rings. The third kappa shape index (κ3) is 5.48. The number of halogens is 3. The van der Waals surface area contributed by atoms with Crippen LogP contribution in [0.1, 0.15) is 13.8 Å². The number of carboxylic acids is 1. The molecular weight excluding hydrogens is 297 g/mol. The zero-order valence-electron chi connectivity index (χ0n) is 11.2. The molecule has 0 aliphatic carbocycles. The molecule has 1 aliphatic heterocycles. The highest BCUT2D eigenvalue weighted by Crippen LogP contribution is 2.30. The van der Waals surface area contributed by atoms with E-state index in [-0.39, 0.29) is 4.75 Å². The summed E-state index contributed by atoms with van der Waals surface area (Å²) in [5.74, 6) is -0.848. The van der Waals surface area contributed by atoms with E-state index in [1.807, 2.05) is 13.8 Å². The second-order valence-corrected chi connectivity index (χ2v) is 6.98. The van der Waals surface area contributed by atoms with Crippen molar-refractivity contribution in [1.29, 1.82) is 0 Å². The van der Waals surface area contributed by atoms with Gasteiger partial charge in [0.05, 0.1) is 0 Å². The van der Waals surface area contributed by atoms with E-state index >= 15 is 0 Å². The Bertz CT molecular complexity index is 388. The Morgan fingerprint density at radius 3 is 2.45 bits per heavy atom. The summed E-state index contributed by atoms with van der Waals surface area (Å²) in [6, 6.07) is -0.877. The fourth-order valence-corrected chi connectivity index (χ4v) is 3.06. The molecule has 5 nitrogen and oxygen atoms in total. The highest BCUT2D eigenvalue weighted by atomic mass is 32.2. The lowest BCUT2D eigenvalue weighted by Crippen LogP contribution is -2.54. The summed E-state index contributed by atoms with van der Waals surface area (Å²) >= 11 is 1.63. The fraction of sp³-hybridized carbons (Fsp3) is 0.818. The predicted octanol–water partition coefficient (Wildman–Crippen LogP) is 1.88. The second-order valence-electron chi connectivity index (χ2n) is 5.18. The Morgan fingerprint density at radius 1 is 1.40 bits per heavy atom. The maximum absolute atomic E-state index is 12.4. The number of alkyl halides is 3. The molecule has 1 N–H and O–H groups in total. The maximum Gasteiger partial charge on any atom is 0.406 e. The summed E-state index contributed by atoms with van der Waals surface area (Å²) in [4.78, 5) is 24.3. The van der Waals surface area contributed by atoms with Gasteiger partial charge in [-0.1, -0.05) is 0 Å². The summed E-state index contributed by atoms with van der Waals surface area (Å²) < 4.78 is 37.0. The van der Waals surface area contributed by atoms with E-state index in [4.69, 9.17) is 5.11 Å². The molecule has 0 radical (unpaired) electrons. The SMILES string of the molecule is CC1(C)CN(C(=O)N(CC(=O)O)CC(F)(F)F)CCS1. The van der Waals surface area contributed by atoms with E-state index in [2.05, 4.69) is 0 Å². The third-order valence-electron chi connectivity index (χ3n) is 2.66. The van der Waals surface area contributed by atoms with Gasteiger partial charge in [-0.3, -0.25) is 4.79 Å². The first kappa shape index (κ1) is 16.9. The smallest absolute Gasteiger partial charge is 0.406 e. The van der Waals surface area contributed by atoms with Gasteiger partial charge in [-0.25, -0.2) is 4.79 Å². The van der Waals surface area contributed by atoms with Crippen LogP contribution in [0.3, 0.4) is 0 Å². The molecule has 0 bridgehead atoms. The molecular formula is C11H17F3N2O3S. The molecule has 2 amide bonds. The van der Waals surface area contributed by atoms with Crippen molar-refractivity contribution in [2.24, 2.45) is 0 Å². The topological polar surface area (TPSA) is 60.9 Å². The van der Waals surface area contributed by atoms with E-state index < -0.39 is 31.3 Å². The minimum atomic E-state index is -4.62. The number of urea groups is 1. The van der Waals surface area contributed by atoms with Crippen molar-refractivity contribution in [3.63, 3.8) is 0 Å². The molecule has 1 saturated heterocycles. The van der Waals surface area contributed by atoms with Crippen molar-refractivity contribution in [2.45, 2.75) is 24.8 Å². The summed E-state index contributed by atoms with van der Waals surface area (Å²) in [5.41, 5.74) is 0. The second kappa shape index (κ2) is 6.11. The molecule has 0 saturated carbocycles. The van der Waals surface area contributed by atoms with Gasteiger partial charge in [0.1, 0.15) is 13.1 Å². The summed E-state index contributed by atoms with van der Waals surface area (Å²) in [6.07, 6.45) is -4.62. The van der Waals surface area contributed by atoms with Crippen LogP contribution in [0.25, 0.3) is 0 Å². The van der Waals surface area contributed by atoms with Crippen molar-refractivity contribution in [1.82, 2.24) is 9.80 Å². The Kier molecular flexibility index (Phi) is 5.17. The van der Waals surface area contributed by atoms with Crippen molar-refractivity contribution in [3.8, 4) is 0 Å². The summed E-state index contributed by atoms with van der Waals surface area (Å²) in [6.45, 7) is 1.89. The zero-order chi connectivity index (χ0) is 15.6. The minimum Gasteiger partial charge on any atom is -0.480 e. The zero-order valence-corrected chi connectivity index (χ0v) is 12.1. The first-order chi connectivity index (χ1) is 9.00. The van der Waals surface area contributed by atoms with Crippen LogP contribution in [0.2, 0.25) is 0 Å². The number of hydrogen-bond donors (Lipinski definition) is 1. The highest BCUT2D eigenvalue weighted by molar-refractivity contribution is 8.00. The number of carbonyl (C=O) groups is 2. The van der Waals surface area contributed by atoms with Crippen LogP contribution in [0.5, 0.6) is 0 Å². The Labute approximate surface area is 119 Å². The van der Waals surface area contributed by atoms with Crippen molar-refractivity contribution in [3.05, 3.63) is 0 Å². The van der Waals surface area contributed by atoms with Crippen LogP contribution < -0.4 is 0 Å². The Morgan fingerprint density at radius 2 is 2.00 bits per heavy atom. The van der Waals surface area contributed by atoms with E-state index in [9.17, 15) is 22.8 Å². The van der Waals surface area contributed by atoms with Crippen molar-refractivity contribution in [2.75, 3.05) is 31.9 Å². The molecule has 0 spiro atoms. The number of nitrogens with zero attached hydrogens (tertiary/aromatic N) is 2. The monoisotopic (exact) mass is 314 g/mol. The van der Waals surface area contributed by atoms with Gasteiger partial charge in [0.25, 0.3) is 0 Å². The molecule has 0 aromatic heterocycles. The molecule has 0 atom stereocenters. The molecule has 20 heavy (non-hydrogen) atoms. The van der Waals surface area contributed by atoms with Crippen LogP contribution in [-0.2, 0) is 4.79 Å². The average Bonchev–Trinajstić information content (AvgIpc) is 2.23. The number of amides is 2. The number of carboxylic acid groups (broad SMARTS) is 1. The van der Waals surface area contributed by atoms with E-state index in [1.54, 1.807) is 11.8 Å². The van der Waals surface area contributed by atoms with Crippen LogP contribution in [0.15, 0.2) is 0 Å². The maximum atomic E-state index is 12.4. The van der Waals surface area contributed by atoms with E-state index in [1.165, 1.54) is 4.90 Å². The van der Waals surface area contributed by atoms with Crippen LogP contribution in [0.4, 0.5) is 18.0 Å². The van der Waals surface area contributed by atoms with Gasteiger partial charge in [0, 0.05) is 23.6 Å². The number of hydrogen-bond acceptors (Lipinski definition) is 3. The van der Waals surface area contributed by atoms with Gasteiger partial charge in [0.15, 0.2) is 0 Å². The fourth-order valence-electron chi connectivity index (χ4n) is 1.95. The van der Waals surface area contributed by atoms with Gasteiger partial charge in [-0.05, 0) is 13.8 Å².